The van der Waals surface area contributed by atoms with Crippen molar-refractivity contribution in [2.75, 3.05) is 19.6 Å². The fourth-order valence-electron chi connectivity index (χ4n) is 3.11. The molecule has 1 atom stereocenters. The Labute approximate surface area is 121 Å². The first-order valence-electron chi connectivity index (χ1n) is 7.65. The summed E-state index contributed by atoms with van der Waals surface area (Å²) >= 11 is 0. The van der Waals surface area contributed by atoms with E-state index in [0.29, 0.717) is 6.04 Å². The quantitative estimate of drug-likeness (QED) is 0.925. The predicted molar refractivity (Wildman–Crippen MR) is 83.7 cm³/mol. The minimum Gasteiger partial charge on any atom is -0.311 e. The van der Waals surface area contributed by atoms with E-state index in [1.807, 2.05) is 6.20 Å². The molecular weight excluding hydrogens is 246 g/mol. The molecule has 1 unspecified atom stereocenters. The lowest BCUT2D eigenvalue weighted by Crippen LogP contribution is -2.50. The number of aromatic nitrogens is 1. The highest BCUT2D eigenvalue weighted by atomic mass is 15.2. The Hall–Kier alpha value is -1.45. The van der Waals surface area contributed by atoms with Gasteiger partial charge in [0.05, 0.1) is 5.52 Å². The lowest BCUT2D eigenvalue weighted by atomic mass is 10.1. The largest absolute Gasteiger partial charge is 0.311 e. The van der Waals surface area contributed by atoms with Gasteiger partial charge in [0, 0.05) is 43.8 Å². The molecule has 0 amide bonds. The Bertz CT molecular complexity index is 560. The second kappa shape index (κ2) is 6.33. The van der Waals surface area contributed by atoms with Crippen molar-refractivity contribution in [3.05, 3.63) is 42.1 Å². The smallest absolute Gasteiger partial charge is 0.0705 e. The SMILES string of the molecule is CCCC1CN(Cc2ccnc3ccccc23)CCN1. The summed E-state index contributed by atoms with van der Waals surface area (Å²) in [5.41, 5.74) is 2.50. The summed E-state index contributed by atoms with van der Waals surface area (Å²) in [6, 6.07) is 11.3. The van der Waals surface area contributed by atoms with E-state index in [2.05, 4.69) is 52.5 Å². The molecule has 1 N–H and O–H groups in total. The van der Waals surface area contributed by atoms with Crippen molar-refractivity contribution >= 4 is 10.9 Å². The minimum atomic E-state index is 0.654. The van der Waals surface area contributed by atoms with Gasteiger partial charge in [-0.1, -0.05) is 31.5 Å². The predicted octanol–water partition coefficient (Wildman–Crippen LogP) is 2.81. The van der Waals surface area contributed by atoms with Crippen molar-refractivity contribution in [2.45, 2.75) is 32.4 Å². The van der Waals surface area contributed by atoms with Gasteiger partial charge >= 0.3 is 0 Å². The number of para-hydroxylation sites is 1. The number of piperazine rings is 1. The maximum Gasteiger partial charge on any atom is 0.0705 e. The Morgan fingerprint density at radius 2 is 2.20 bits per heavy atom. The first kappa shape index (κ1) is 13.5. The highest BCUT2D eigenvalue weighted by Gasteiger charge is 2.18. The molecule has 1 aromatic carbocycles. The van der Waals surface area contributed by atoms with E-state index in [1.165, 1.54) is 23.8 Å². The Morgan fingerprint density at radius 3 is 3.10 bits per heavy atom. The van der Waals surface area contributed by atoms with Crippen LogP contribution in [0.4, 0.5) is 0 Å². The van der Waals surface area contributed by atoms with E-state index < -0.39 is 0 Å². The van der Waals surface area contributed by atoms with E-state index in [1.54, 1.807) is 0 Å². The van der Waals surface area contributed by atoms with Crippen LogP contribution >= 0.6 is 0 Å². The summed E-state index contributed by atoms with van der Waals surface area (Å²) < 4.78 is 0. The van der Waals surface area contributed by atoms with Gasteiger partial charge in [0.15, 0.2) is 0 Å². The standard InChI is InChI=1S/C17H23N3/c1-2-5-15-13-20(11-10-18-15)12-14-8-9-19-17-7-4-3-6-16(14)17/h3-4,6-9,15,18H,2,5,10-13H2,1H3. The summed E-state index contributed by atoms with van der Waals surface area (Å²) in [5.74, 6) is 0. The third-order valence-electron chi connectivity index (χ3n) is 4.11. The molecule has 1 aliphatic heterocycles. The highest BCUT2D eigenvalue weighted by Crippen LogP contribution is 2.18. The topological polar surface area (TPSA) is 28.2 Å². The first-order chi connectivity index (χ1) is 9.86. The van der Waals surface area contributed by atoms with Gasteiger partial charge in [0.1, 0.15) is 0 Å². The maximum absolute atomic E-state index is 4.45. The molecule has 3 rings (SSSR count). The van der Waals surface area contributed by atoms with Crippen LogP contribution in [-0.4, -0.2) is 35.6 Å². The zero-order valence-electron chi connectivity index (χ0n) is 12.2. The van der Waals surface area contributed by atoms with Crippen LogP contribution in [0, 0.1) is 0 Å². The highest BCUT2D eigenvalue weighted by molar-refractivity contribution is 5.81. The summed E-state index contributed by atoms with van der Waals surface area (Å²) in [5, 5.41) is 4.91. The van der Waals surface area contributed by atoms with E-state index in [0.717, 1.165) is 31.7 Å². The average molecular weight is 269 g/mol. The fraction of sp³-hybridized carbons (Fsp3) is 0.471. The molecule has 1 aromatic heterocycles. The van der Waals surface area contributed by atoms with E-state index in [-0.39, 0.29) is 0 Å². The second-order valence-electron chi connectivity index (χ2n) is 5.66. The number of fused-ring (bicyclic) bond motifs is 1. The Kier molecular flexibility index (Phi) is 4.28. The van der Waals surface area contributed by atoms with Gasteiger partial charge in [-0.2, -0.15) is 0 Å². The van der Waals surface area contributed by atoms with Crippen molar-refractivity contribution in [3.8, 4) is 0 Å². The van der Waals surface area contributed by atoms with Gasteiger partial charge in [-0.15, -0.1) is 0 Å². The molecule has 1 aliphatic rings. The molecule has 0 spiro atoms. The zero-order valence-corrected chi connectivity index (χ0v) is 12.2. The van der Waals surface area contributed by atoms with Gasteiger partial charge in [-0.05, 0) is 24.1 Å². The van der Waals surface area contributed by atoms with Crippen molar-refractivity contribution in [1.82, 2.24) is 15.2 Å². The molecule has 0 bridgehead atoms. The molecule has 1 saturated heterocycles. The van der Waals surface area contributed by atoms with Gasteiger partial charge in [0.2, 0.25) is 0 Å². The summed E-state index contributed by atoms with van der Waals surface area (Å²) in [6.45, 7) is 6.69. The number of nitrogens with zero attached hydrogens (tertiary/aromatic N) is 2. The van der Waals surface area contributed by atoms with Crippen LogP contribution in [0.1, 0.15) is 25.3 Å². The van der Waals surface area contributed by atoms with Crippen molar-refractivity contribution in [2.24, 2.45) is 0 Å². The Balaban J connectivity index is 1.76. The van der Waals surface area contributed by atoms with Crippen molar-refractivity contribution < 1.29 is 0 Å². The zero-order chi connectivity index (χ0) is 13.8. The molecule has 2 aromatic rings. The lowest BCUT2D eigenvalue weighted by molar-refractivity contribution is 0.187. The summed E-state index contributed by atoms with van der Waals surface area (Å²) in [4.78, 5) is 7.02. The molecule has 1 fully saturated rings. The van der Waals surface area contributed by atoms with Crippen LogP contribution < -0.4 is 5.32 Å². The van der Waals surface area contributed by atoms with Crippen LogP contribution in [0.3, 0.4) is 0 Å². The number of nitrogens with one attached hydrogen (secondary N) is 1. The van der Waals surface area contributed by atoms with E-state index in [4.69, 9.17) is 0 Å². The molecule has 3 heteroatoms. The normalized spacial score (nSPS) is 20.4. The number of benzene rings is 1. The number of hydrogen-bond acceptors (Lipinski definition) is 3. The van der Waals surface area contributed by atoms with Crippen LogP contribution in [0.25, 0.3) is 10.9 Å². The first-order valence-corrected chi connectivity index (χ1v) is 7.65. The maximum atomic E-state index is 4.45. The molecule has 3 nitrogen and oxygen atoms in total. The average Bonchev–Trinajstić information content (AvgIpc) is 2.48. The van der Waals surface area contributed by atoms with Gasteiger partial charge < -0.3 is 5.32 Å². The second-order valence-corrected chi connectivity index (χ2v) is 5.66. The van der Waals surface area contributed by atoms with Gasteiger partial charge in [0.25, 0.3) is 0 Å². The fourth-order valence-corrected chi connectivity index (χ4v) is 3.11. The van der Waals surface area contributed by atoms with Crippen LogP contribution in [0.2, 0.25) is 0 Å². The number of rotatable bonds is 4. The summed E-state index contributed by atoms with van der Waals surface area (Å²) in [6.07, 6.45) is 4.46. The van der Waals surface area contributed by atoms with Gasteiger partial charge in [-0.25, -0.2) is 0 Å². The summed E-state index contributed by atoms with van der Waals surface area (Å²) in [7, 11) is 0. The van der Waals surface area contributed by atoms with Crippen molar-refractivity contribution in [3.63, 3.8) is 0 Å². The third kappa shape index (κ3) is 3.00. The van der Waals surface area contributed by atoms with Gasteiger partial charge in [-0.3, -0.25) is 9.88 Å². The molecule has 0 saturated carbocycles. The molecule has 0 radical (unpaired) electrons. The van der Waals surface area contributed by atoms with E-state index in [9.17, 15) is 0 Å². The molecule has 2 heterocycles. The number of hydrogen-bond donors (Lipinski definition) is 1. The minimum absolute atomic E-state index is 0.654. The van der Waals surface area contributed by atoms with Crippen LogP contribution in [0.5, 0.6) is 0 Å². The van der Waals surface area contributed by atoms with Crippen LogP contribution in [-0.2, 0) is 6.54 Å². The molecular formula is C17H23N3. The number of pyridine rings is 1. The lowest BCUT2D eigenvalue weighted by Gasteiger charge is -2.33. The molecule has 0 aliphatic carbocycles. The molecule has 20 heavy (non-hydrogen) atoms. The monoisotopic (exact) mass is 269 g/mol. The molecule has 106 valence electrons. The van der Waals surface area contributed by atoms with Crippen LogP contribution in [0.15, 0.2) is 36.5 Å². The van der Waals surface area contributed by atoms with E-state index >= 15 is 0 Å². The Morgan fingerprint density at radius 1 is 1.30 bits per heavy atom. The third-order valence-corrected chi connectivity index (χ3v) is 4.11. The van der Waals surface area contributed by atoms with Crippen molar-refractivity contribution in [1.29, 1.82) is 0 Å².